The lowest BCUT2D eigenvalue weighted by atomic mass is 9.98. The minimum Gasteiger partial charge on any atom is -0.493 e. The summed E-state index contributed by atoms with van der Waals surface area (Å²) in [6.45, 7) is 0. The number of hydrogen-bond donors (Lipinski definition) is 1. The van der Waals surface area contributed by atoms with Gasteiger partial charge in [0.25, 0.3) is 0 Å². The van der Waals surface area contributed by atoms with E-state index in [0.717, 1.165) is 40.5 Å². The number of hydrogen-bond acceptors (Lipinski definition) is 3. The molecule has 1 aromatic rings. The van der Waals surface area contributed by atoms with E-state index in [1.807, 2.05) is 24.3 Å². The highest BCUT2D eigenvalue weighted by atomic mass is 19.1. The van der Waals surface area contributed by atoms with E-state index in [9.17, 15) is 4.39 Å². The zero-order chi connectivity index (χ0) is 14.8. The monoisotopic (exact) mass is 285 g/mol. The van der Waals surface area contributed by atoms with Crippen LogP contribution < -0.4 is 5.32 Å². The SMILES string of the molecule is COC1=CCC2=C(Nc3cccc(F)c3)C=CC2=C1OC. The van der Waals surface area contributed by atoms with Gasteiger partial charge in [-0.1, -0.05) is 6.07 Å². The Labute approximate surface area is 123 Å². The summed E-state index contributed by atoms with van der Waals surface area (Å²) in [4.78, 5) is 0. The van der Waals surface area contributed by atoms with Crippen molar-refractivity contribution in [3.63, 3.8) is 0 Å². The predicted molar refractivity (Wildman–Crippen MR) is 79.9 cm³/mol. The molecule has 0 atom stereocenters. The maximum atomic E-state index is 13.3. The number of fused-ring (bicyclic) bond motifs is 1. The van der Waals surface area contributed by atoms with Crippen molar-refractivity contribution in [2.75, 3.05) is 19.5 Å². The Morgan fingerprint density at radius 1 is 1.14 bits per heavy atom. The van der Waals surface area contributed by atoms with Crippen LogP contribution in [0.4, 0.5) is 10.1 Å². The first-order valence-electron chi connectivity index (χ1n) is 6.70. The number of benzene rings is 1. The van der Waals surface area contributed by atoms with Crippen LogP contribution in [0.15, 0.2) is 70.9 Å². The molecule has 1 aromatic carbocycles. The van der Waals surface area contributed by atoms with E-state index in [1.54, 1.807) is 20.3 Å². The van der Waals surface area contributed by atoms with Crippen molar-refractivity contribution in [1.82, 2.24) is 0 Å². The van der Waals surface area contributed by atoms with Crippen LogP contribution in [0.3, 0.4) is 0 Å². The summed E-state index contributed by atoms with van der Waals surface area (Å²) >= 11 is 0. The van der Waals surface area contributed by atoms with E-state index in [-0.39, 0.29) is 5.82 Å². The average molecular weight is 285 g/mol. The molecule has 0 aromatic heterocycles. The fourth-order valence-corrected chi connectivity index (χ4v) is 2.59. The molecule has 2 aliphatic rings. The molecule has 0 radical (unpaired) electrons. The topological polar surface area (TPSA) is 30.5 Å². The summed E-state index contributed by atoms with van der Waals surface area (Å²) in [6, 6.07) is 6.42. The van der Waals surface area contributed by atoms with Gasteiger partial charge in [-0.05, 0) is 48.4 Å². The molecule has 4 heteroatoms. The Kier molecular flexibility index (Phi) is 3.52. The molecule has 0 amide bonds. The maximum absolute atomic E-state index is 13.3. The quantitative estimate of drug-likeness (QED) is 0.910. The Morgan fingerprint density at radius 2 is 2.00 bits per heavy atom. The van der Waals surface area contributed by atoms with Crippen molar-refractivity contribution >= 4 is 5.69 Å². The van der Waals surface area contributed by atoms with E-state index in [1.165, 1.54) is 12.1 Å². The molecule has 3 nitrogen and oxygen atoms in total. The van der Waals surface area contributed by atoms with Crippen LogP contribution in [0, 0.1) is 5.82 Å². The Hall–Kier alpha value is -2.49. The van der Waals surface area contributed by atoms with Gasteiger partial charge in [-0.25, -0.2) is 4.39 Å². The van der Waals surface area contributed by atoms with Gasteiger partial charge in [-0.2, -0.15) is 0 Å². The van der Waals surface area contributed by atoms with Gasteiger partial charge in [0.15, 0.2) is 11.5 Å². The van der Waals surface area contributed by atoms with Gasteiger partial charge in [0.1, 0.15) is 5.82 Å². The van der Waals surface area contributed by atoms with E-state index >= 15 is 0 Å². The number of methoxy groups -OCH3 is 2. The second kappa shape index (κ2) is 5.48. The minimum absolute atomic E-state index is 0.258. The van der Waals surface area contributed by atoms with Gasteiger partial charge in [-0.3, -0.25) is 0 Å². The largest absolute Gasteiger partial charge is 0.493 e. The molecule has 0 unspecified atom stereocenters. The standard InChI is InChI=1S/C17H16FNO2/c1-20-16-9-7-13-14(17(16)21-2)6-8-15(13)19-12-5-3-4-11(18)10-12/h3-6,8-10,19H,7H2,1-2H3. The third-order valence-corrected chi connectivity index (χ3v) is 3.55. The van der Waals surface area contributed by atoms with E-state index < -0.39 is 0 Å². The van der Waals surface area contributed by atoms with Gasteiger partial charge in [0.05, 0.1) is 14.2 Å². The van der Waals surface area contributed by atoms with Crippen LogP contribution in [0.1, 0.15) is 6.42 Å². The van der Waals surface area contributed by atoms with Crippen molar-refractivity contribution in [2.24, 2.45) is 0 Å². The Bertz CT molecular complexity index is 698. The van der Waals surface area contributed by atoms with E-state index in [2.05, 4.69) is 5.32 Å². The number of rotatable bonds is 4. The summed E-state index contributed by atoms with van der Waals surface area (Å²) < 4.78 is 24.0. The molecule has 0 bridgehead atoms. The molecular formula is C17H16FNO2. The molecule has 0 heterocycles. The van der Waals surface area contributed by atoms with Crippen LogP contribution in [0.5, 0.6) is 0 Å². The summed E-state index contributed by atoms with van der Waals surface area (Å²) in [5.74, 6) is 1.21. The molecule has 0 fully saturated rings. The van der Waals surface area contributed by atoms with Gasteiger partial charge in [-0.15, -0.1) is 0 Å². The normalized spacial score (nSPS) is 16.8. The predicted octanol–water partition coefficient (Wildman–Crippen LogP) is 3.90. The molecule has 108 valence electrons. The first kappa shape index (κ1) is 13.5. The molecule has 3 rings (SSSR count). The summed E-state index contributed by atoms with van der Waals surface area (Å²) in [5.41, 5.74) is 3.81. The molecule has 1 N–H and O–H groups in total. The van der Waals surface area contributed by atoms with Crippen LogP contribution in [-0.2, 0) is 9.47 Å². The summed E-state index contributed by atoms with van der Waals surface area (Å²) in [7, 11) is 3.26. The Balaban J connectivity index is 1.94. The van der Waals surface area contributed by atoms with Crippen LogP contribution in [0.2, 0.25) is 0 Å². The van der Waals surface area contributed by atoms with Crippen molar-refractivity contribution < 1.29 is 13.9 Å². The van der Waals surface area contributed by atoms with Crippen molar-refractivity contribution in [2.45, 2.75) is 6.42 Å². The molecule has 0 aliphatic heterocycles. The number of halogens is 1. The number of nitrogens with one attached hydrogen (secondary N) is 1. The highest BCUT2D eigenvalue weighted by Crippen LogP contribution is 2.37. The van der Waals surface area contributed by atoms with Crippen LogP contribution >= 0.6 is 0 Å². The fraction of sp³-hybridized carbons (Fsp3) is 0.176. The molecule has 2 aliphatic carbocycles. The third-order valence-electron chi connectivity index (χ3n) is 3.55. The number of ether oxygens (including phenoxy) is 2. The number of allylic oxidation sites excluding steroid dienone is 5. The van der Waals surface area contributed by atoms with Gasteiger partial charge in [0, 0.05) is 17.0 Å². The van der Waals surface area contributed by atoms with Gasteiger partial charge >= 0.3 is 0 Å². The van der Waals surface area contributed by atoms with Crippen molar-refractivity contribution in [1.29, 1.82) is 0 Å². The molecule has 0 spiro atoms. The van der Waals surface area contributed by atoms with Crippen LogP contribution in [-0.4, -0.2) is 14.2 Å². The van der Waals surface area contributed by atoms with Crippen molar-refractivity contribution in [3.8, 4) is 0 Å². The summed E-state index contributed by atoms with van der Waals surface area (Å²) in [5, 5.41) is 3.25. The lowest BCUT2D eigenvalue weighted by molar-refractivity contribution is 0.216. The third kappa shape index (κ3) is 2.44. The van der Waals surface area contributed by atoms with Crippen molar-refractivity contribution in [3.05, 3.63) is 76.7 Å². The zero-order valence-electron chi connectivity index (χ0n) is 11.9. The van der Waals surface area contributed by atoms with E-state index in [4.69, 9.17) is 9.47 Å². The van der Waals surface area contributed by atoms with E-state index in [0.29, 0.717) is 0 Å². The first-order chi connectivity index (χ1) is 10.2. The molecule has 0 saturated heterocycles. The number of anilines is 1. The average Bonchev–Trinajstić information content (AvgIpc) is 2.89. The highest BCUT2D eigenvalue weighted by molar-refractivity contribution is 5.65. The van der Waals surface area contributed by atoms with Gasteiger partial charge < -0.3 is 14.8 Å². The van der Waals surface area contributed by atoms with Gasteiger partial charge in [0.2, 0.25) is 0 Å². The second-order valence-corrected chi connectivity index (χ2v) is 4.78. The Morgan fingerprint density at radius 3 is 2.71 bits per heavy atom. The van der Waals surface area contributed by atoms with Crippen LogP contribution in [0.25, 0.3) is 0 Å². The second-order valence-electron chi connectivity index (χ2n) is 4.78. The first-order valence-corrected chi connectivity index (χ1v) is 6.70. The minimum atomic E-state index is -0.258. The maximum Gasteiger partial charge on any atom is 0.167 e. The molecular weight excluding hydrogens is 269 g/mol. The molecule has 0 saturated carbocycles. The molecule has 21 heavy (non-hydrogen) atoms. The zero-order valence-corrected chi connectivity index (χ0v) is 11.9. The fourth-order valence-electron chi connectivity index (χ4n) is 2.59. The highest BCUT2D eigenvalue weighted by Gasteiger charge is 2.25. The lowest BCUT2D eigenvalue weighted by Crippen LogP contribution is -2.07. The lowest BCUT2D eigenvalue weighted by Gasteiger charge is -2.19. The summed E-state index contributed by atoms with van der Waals surface area (Å²) in [6.07, 6.45) is 6.69. The smallest absolute Gasteiger partial charge is 0.167 e.